The van der Waals surface area contributed by atoms with Gasteiger partial charge in [-0.3, -0.25) is 0 Å². The van der Waals surface area contributed by atoms with Crippen molar-refractivity contribution in [3.05, 3.63) is 0 Å². The van der Waals surface area contributed by atoms with Gasteiger partial charge in [-0.15, -0.1) is 0 Å². The topological polar surface area (TPSA) is 29.5 Å². The van der Waals surface area contributed by atoms with E-state index in [-0.39, 0.29) is 0 Å². The quantitative estimate of drug-likeness (QED) is 0.645. The highest BCUT2D eigenvalue weighted by molar-refractivity contribution is 7.93. The Balaban J connectivity index is 4.10. The van der Waals surface area contributed by atoms with Gasteiger partial charge in [0.1, 0.15) is 5.60 Å². The highest BCUT2D eigenvalue weighted by Gasteiger charge is 2.36. The number of hydrogen-bond acceptors (Lipinski definition) is 3. The summed E-state index contributed by atoms with van der Waals surface area (Å²) in [6, 6.07) is 0. The second-order valence-corrected chi connectivity index (χ2v) is 3.82. The third kappa shape index (κ3) is 2.48. The maximum Gasteiger partial charge on any atom is 0.105 e. The van der Waals surface area contributed by atoms with Crippen LogP contribution < -0.4 is 0 Å². The first-order valence-corrected chi connectivity index (χ1v) is 4.40. The van der Waals surface area contributed by atoms with Crippen LogP contribution in [0.4, 0.5) is 0 Å². The van der Waals surface area contributed by atoms with Gasteiger partial charge in [0.2, 0.25) is 0 Å². The molecule has 0 aliphatic rings. The third-order valence-electron chi connectivity index (χ3n) is 1.77. The minimum absolute atomic E-state index is 0.494. The largest absolute Gasteiger partial charge is 0.387 e. The minimum Gasteiger partial charge on any atom is -0.387 e. The molecule has 0 bridgehead atoms. The molecule has 2 nitrogen and oxygen atoms in total. The van der Waals surface area contributed by atoms with Crippen molar-refractivity contribution < 1.29 is 9.29 Å². The highest BCUT2D eigenvalue weighted by atomic mass is 32.2. The Morgan fingerprint density at radius 3 is 1.70 bits per heavy atom. The molecule has 0 aromatic rings. The molecule has 0 aliphatic heterocycles. The Kier molecular flexibility index (Phi) is 3.20. The molecule has 0 saturated heterocycles. The molecule has 0 spiro atoms. The van der Waals surface area contributed by atoms with E-state index in [9.17, 15) is 5.11 Å². The van der Waals surface area contributed by atoms with Crippen LogP contribution in [0.15, 0.2) is 0 Å². The zero-order chi connectivity index (χ0) is 8.41. The third-order valence-corrected chi connectivity index (χ3v) is 2.35. The minimum atomic E-state index is -0.796. The molecule has 0 saturated carbocycles. The molecule has 62 valence electrons. The van der Waals surface area contributed by atoms with Crippen LogP contribution in [0.3, 0.4) is 0 Å². The predicted molar refractivity (Wildman–Crippen MR) is 45.0 cm³/mol. The van der Waals surface area contributed by atoms with E-state index in [1.165, 1.54) is 12.0 Å². The molecule has 0 radical (unpaired) electrons. The van der Waals surface area contributed by atoms with Gasteiger partial charge in [-0.1, -0.05) is 0 Å². The maximum absolute atomic E-state index is 9.54. The van der Waals surface area contributed by atoms with Crippen molar-refractivity contribution >= 4 is 12.0 Å². The SMILES string of the molecule is CSOC(C)(C)C(C)(C)O. The van der Waals surface area contributed by atoms with Crippen LogP contribution >= 0.6 is 12.0 Å². The van der Waals surface area contributed by atoms with Gasteiger partial charge in [0.05, 0.1) is 5.60 Å². The van der Waals surface area contributed by atoms with E-state index in [0.29, 0.717) is 0 Å². The molecular formula is C7H16O2S. The van der Waals surface area contributed by atoms with Gasteiger partial charge in [0, 0.05) is 6.26 Å². The predicted octanol–water partition coefficient (Wildman–Crippen LogP) is 1.83. The molecule has 0 rings (SSSR count). The zero-order valence-corrected chi connectivity index (χ0v) is 8.08. The summed E-state index contributed by atoms with van der Waals surface area (Å²) < 4.78 is 5.26. The summed E-state index contributed by atoms with van der Waals surface area (Å²) >= 11 is 1.28. The van der Waals surface area contributed by atoms with Gasteiger partial charge in [0.15, 0.2) is 0 Å². The number of hydrogen-bond donors (Lipinski definition) is 1. The molecule has 10 heavy (non-hydrogen) atoms. The van der Waals surface area contributed by atoms with Crippen molar-refractivity contribution in [1.82, 2.24) is 0 Å². The first-order chi connectivity index (χ1) is 4.31. The smallest absolute Gasteiger partial charge is 0.105 e. The lowest BCUT2D eigenvalue weighted by atomic mass is 9.90. The van der Waals surface area contributed by atoms with Crippen molar-refractivity contribution in [1.29, 1.82) is 0 Å². The molecule has 1 N–H and O–H groups in total. The van der Waals surface area contributed by atoms with Crippen molar-refractivity contribution in [2.45, 2.75) is 38.9 Å². The maximum atomic E-state index is 9.54. The Morgan fingerprint density at radius 1 is 1.20 bits per heavy atom. The lowest BCUT2D eigenvalue weighted by molar-refractivity contribution is -0.0811. The summed E-state index contributed by atoms with van der Waals surface area (Å²) in [5.41, 5.74) is -1.29. The average Bonchev–Trinajstić information content (AvgIpc) is 1.61. The van der Waals surface area contributed by atoms with Gasteiger partial charge >= 0.3 is 0 Å². The van der Waals surface area contributed by atoms with Crippen LogP contribution in [0.25, 0.3) is 0 Å². The molecule has 3 heteroatoms. The average molecular weight is 164 g/mol. The number of aliphatic hydroxyl groups is 1. The molecule has 0 fully saturated rings. The standard InChI is InChI=1S/C7H16O2S/c1-6(2,8)7(3,4)9-10-5/h8H,1-5H3. The zero-order valence-electron chi connectivity index (χ0n) is 7.26. The van der Waals surface area contributed by atoms with Crippen LogP contribution in [0.1, 0.15) is 27.7 Å². The van der Waals surface area contributed by atoms with Crippen LogP contribution in [0.5, 0.6) is 0 Å². The molecule has 0 aliphatic carbocycles. The normalized spacial score (nSPS) is 13.8. The van der Waals surface area contributed by atoms with Crippen LogP contribution in [0, 0.1) is 0 Å². The second kappa shape index (κ2) is 3.11. The van der Waals surface area contributed by atoms with E-state index in [0.717, 1.165) is 0 Å². The van der Waals surface area contributed by atoms with E-state index in [1.807, 2.05) is 20.1 Å². The summed E-state index contributed by atoms with van der Waals surface area (Å²) in [6.45, 7) is 7.21. The Bertz CT molecular complexity index is 105. The van der Waals surface area contributed by atoms with Crippen molar-refractivity contribution in [2.75, 3.05) is 6.26 Å². The van der Waals surface area contributed by atoms with Gasteiger partial charge in [0.25, 0.3) is 0 Å². The van der Waals surface area contributed by atoms with E-state index in [2.05, 4.69) is 0 Å². The van der Waals surface area contributed by atoms with E-state index < -0.39 is 11.2 Å². The monoisotopic (exact) mass is 164 g/mol. The second-order valence-electron chi connectivity index (χ2n) is 3.32. The molecule has 0 atom stereocenters. The fourth-order valence-corrected chi connectivity index (χ4v) is 0.931. The van der Waals surface area contributed by atoms with Crippen molar-refractivity contribution in [3.63, 3.8) is 0 Å². The van der Waals surface area contributed by atoms with E-state index in [1.54, 1.807) is 13.8 Å². The fraction of sp³-hybridized carbons (Fsp3) is 1.00. The molecule has 0 aromatic heterocycles. The summed E-state index contributed by atoms with van der Waals surface area (Å²) in [7, 11) is 0. The lowest BCUT2D eigenvalue weighted by Crippen LogP contribution is -2.45. The van der Waals surface area contributed by atoms with Gasteiger partial charge < -0.3 is 9.29 Å². The Morgan fingerprint density at radius 2 is 1.60 bits per heavy atom. The Labute approximate surface area is 67.2 Å². The first-order valence-electron chi connectivity index (χ1n) is 3.25. The van der Waals surface area contributed by atoms with Gasteiger partial charge in [-0.25, -0.2) is 0 Å². The molecule has 0 aromatic carbocycles. The summed E-state index contributed by atoms with van der Waals surface area (Å²) in [5, 5.41) is 9.54. The first kappa shape index (κ1) is 10.3. The molecular weight excluding hydrogens is 148 g/mol. The van der Waals surface area contributed by atoms with Crippen LogP contribution in [-0.2, 0) is 4.18 Å². The van der Waals surface area contributed by atoms with Gasteiger partial charge in [-0.2, -0.15) is 0 Å². The summed E-state index contributed by atoms with van der Waals surface area (Å²) in [5.74, 6) is 0. The summed E-state index contributed by atoms with van der Waals surface area (Å²) in [4.78, 5) is 0. The van der Waals surface area contributed by atoms with Crippen LogP contribution in [-0.4, -0.2) is 22.6 Å². The number of rotatable bonds is 3. The molecule has 0 amide bonds. The van der Waals surface area contributed by atoms with Crippen molar-refractivity contribution in [2.24, 2.45) is 0 Å². The Hall–Kier alpha value is 0.270. The van der Waals surface area contributed by atoms with Crippen LogP contribution in [0.2, 0.25) is 0 Å². The summed E-state index contributed by atoms with van der Waals surface area (Å²) in [6.07, 6.45) is 1.84. The van der Waals surface area contributed by atoms with E-state index in [4.69, 9.17) is 4.18 Å². The van der Waals surface area contributed by atoms with E-state index >= 15 is 0 Å². The molecule has 0 unspecified atom stereocenters. The van der Waals surface area contributed by atoms with Crippen molar-refractivity contribution in [3.8, 4) is 0 Å². The molecule has 0 heterocycles. The highest BCUT2D eigenvalue weighted by Crippen LogP contribution is 2.27. The van der Waals surface area contributed by atoms with Gasteiger partial charge in [-0.05, 0) is 39.7 Å². The fourth-order valence-electron chi connectivity index (χ4n) is 0.310. The lowest BCUT2D eigenvalue weighted by Gasteiger charge is -2.35.